The molecule has 5 atom stereocenters. The lowest BCUT2D eigenvalue weighted by Crippen LogP contribution is -2.73. The predicted molar refractivity (Wildman–Crippen MR) is 172 cm³/mol. The lowest BCUT2D eigenvalue weighted by atomic mass is 9.85. The minimum Gasteiger partial charge on any atom is -0.462 e. The molecule has 1 saturated heterocycles. The quantitative estimate of drug-likeness (QED) is 0.150. The van der Waals surface area contributed by atoms with Crippen molar-refractivity contribution < 1.29 is 72.0 Å². The molecule has 0 aliphatic carbocycles. The molecule has 0 unspecified atom stereocenters. The average Bonchev–Trinajstić information content (AvgIpc) is 3.79. The summed E-state index contributed by atoms with van der Waals surface area (Å²) in [4.78, 5) is 52.7. The average molecular weight is 712 g/mol. The number of carbonyl (C=O) groups excluding carboxylic acids is 4. The van der Waals surface area contributed by atoms with Crippen molar-refractivity contribution in [2.45, 2.75) is 37.1 Å². The molecule has 3 aromatic rings. The SMILES string of the molecule is CCOC(=O)c1ccc(NC(=O)O[C@@H]2[C@@H](CO)O[C@H](OC)[C@@](O)(C(=O)Nc3ccc4c(c3)OCO4)[C@H]2OC(=O)Nc2ccc3c(c2)OCO3)cc1. The minimum absolute atomic E-state index is 0.0194. The highest BCUT2D eigenvalue weighted by Gasteiger charge is 2.64. The van der Waals surface area contributed by atoms with Gasteiger partial charge in [-0.25, -0.2) is 14.4 Å². The van der Waals surface area contributed by atoms with E-state index in [1.807, 2.05) is 0 Å². The third-order valence-corrected chi connectivity index (χ3v) is 7.88. The molecule has 3 heterocycles. The molecule has 0 saturated carbocycles. The standard InChI is InChI=1S/C33H33N3O15/c1-3-44-28(38)17-4-6-18(7-5-17)35-31(40)50-26-25(14-37)49-30(43-2)33(42,29(39)34-19-8-10-21-23(12-19)47-15-45-21)27(26)51-32(41)36-20-9-11-22-24(13-20)48-16-46-22/h4-13,25-27,30,37,42H,3,14-16H2,1-2H3,(H,34,39)(H,35,40)(H,36,41)/t25-,26-,27+,30+,33+/m1/s1. The van der Waals surface area contributed by atoms with E-state index < -0.39 is 60.9 Å². The molecule has 5 N–H and O–H groups in total. The number of hydrogen-bond acceptors (Lipinski definition) is 15. The molecule has 0 radical (unpaired) electrons. The topological polar surface area (TPSA) is 228 Å². The number of esters is 1. The van der Waals surface area contributed by atoms with Gasteiger partial charge in [-0.05, 0) is 55.5 Å². The van der Waals surface area contributed by atoms with Crippen LogP contribution in [-0.4, -0.2) is 98.4 Å². The molecule has 6 rings (SSSR count). The Balaban J connectivity index is 1.28. The van der Waals surface area contributed by atoms with Crippen molar-refractivity contribution in [1.82, 2.24) is 0 Å². The van der Waals surface area contributed by atoms with Gasteiger partial charge in [0.05, 0.1) is 18.8 Å². The van der Waals surface area contributed by atoms with E-state index in [9.17, 15) is 29.4 Å². The van der Waals surface area contributed by atoms with E-state index in [-0.39, 0.29) is 42.8 Å². The van der Waals surface area contributed by atoms with Crippen molar-refractivity contribution >= 4 is 41.1 Å². The van der Waals surface area contributed by atoms with Gasteiger partial charge < -0.3 is 58.2 Å². The predicted octanol–water partition coefficient (Wildman–Crippen LogP) is 2.59. The van der Waals surface area contributed by atoms with Gasteiger partial charge in [0.1, 0.15) is 6.10 Å². The molecule has 3 amide bonds. The summed E-state index contributed by atoms with van der Waals surface area (Å²) in [7, 11) is 1.11. The lowest BCUT2D eigenvalue weighted by Gasteiger charge is -2.48. The Morgan fingerprint density at radius 2 is 1.33 bits per heavy atom. The zero-order valence-electron chi connectivity index (χ0n) is 27.1. The van der Waals surface area contributed by atoms with Crippen LogP contribution in [-0.2, 0) is 28.5 Å². The molecule has 0 spiro atoms. The summed E-state index contributed by atoms with van der Waals surface area (Å²) in [5.74, 6) is -0.254. The molecule has 3 aromatic carbocycles. The number of methoxy groups -OCH3 is 1. The number of ether oxygens (including phenoxy) is 9. The Morgan fingerprint density at radius 1 is 0.784 bits per heavy atom. The van der Waals surface area contributed by atoms with Gasteiger partial charge in [0, 0.05) is 36.3 Å². The molecule has 3 aliphatic heterocycles. The third kappa shape index (κ3) is 7.38. The Morgan fingerprint density at radius 3 is 1.92 bits per heavy atom. The van der Waals surface area contributed by atoms with Crippen LogP contribution in [0.4, 0.5) is 26.7 Å². The van der Waals surface area contributed by atoms with Crippen LogP contribution in [0, 0.1) is 0 Å². The van der Waals surface area contributed by atoms with E-state index in [4.69, 9.17) is 42.6 Å². The van der Waals surface area contributed by atoms with Crippen LogP contribution < -0.4 is 34.9 Å². The molecule has 0 bridgehead atoms. The Bertz CT molecular complexity index is 1790. The summed E-state index contributed by atoms with van der Waals surface area (Å²) < 4.78 is 48.5. The van der Waals surface area contributed by atoms with Gasteiger partial charge in [-0.2, -0.15) is 0 Å². The van der Waals surface area contributed by atoms with E-state index in [1.54, 1.807) is 13.0 Å². The maximum absolute atomic E-state index is 14.0. The highest BCUT2D eigenvalue weighted by Crippen LogP contribution is 2.39. The van der Waals surface area contributed by atoms with E-state index in [2.05, 4.69) is 16.0 Å². The van der Waals surface area contributed by atoms with Crippen molar-refractivity contribution in [2.75, 3.05) is 49.9 Å². The summed E-state index contributed by atoms with van der Waals surface area (Å²) in [6.45, 7) is 0.935. The van der Waals surface area contributed by atoms with Crippen molar-refractivity contribution in [3.63, 3.8) is 0 Å². The third-order valence-electron chi connectivity index (χ3n) is 7.88. The van der Waals surface area contributed by atoms with Crippen molar-refractivity contribution in [1.29, 1.82) is 0 Å². The molecule has 18 heteroatoms. The summed E-state index contributed by atoms with van der Waals surface area (Å²) in [6.07, 6.45) is -9.63. The smallest absolute Gasteiger partial charge is 0.412 e. The van der Waals surface area contributed by atoms with Crippen molar-refractivity contribution in [2.24, 2.45) is 0 Å². The van der Waals surface area contributed by atoms with Crippen LogP contribution in [0.5, 0.6) is 23.0 Å². The normalized spacial score (nSPS) is 22.7. The van der Waals surface area contributed by atoms with Gasteiger partial charge in [0.15, 0.2) is 41.5 Å². The maximum Gasteiger partial charge on any atom is 0.412 e. The van der Waals surface area contributed by atoms with E-state index in [1.165, 1.54) is 54.6 Å². The molecular formula is C33H33N3O15. The fourth-order valence-corrected chi connectivity index (χ4v) is 5.45. The Labute approximate surface area is 289 Å². The second kappa shape index (κ2) is 15.0. The number of amides is 3. The van der Waals surface area contributed by atoms with Gasteiger partial charge >= 0.3 is 18.2 Å². The fraction of sp³-hybridized carbons (Fsp3) is 0.333. The highest BCUT2D eigenvalue weighted by atomic mass is 16.7. The largest absolute Gasteiger partial charge is 0.462 e. The molecule has 270 valence electrons. The van der Waals surface area contributed by atoms with E-state index in [0.717, 1.165) is 7.11 Å². The van der Waals surface area contributed by atoms with Gasteiger partial charge in [0.25, 0.3) is 5.91 Å². The fourth-order valence-electron chi connectivity index (χ4n) is 5.45. The molecule has 0 aromatic heterocycles. The first-order valence-corrected chi connectivity index (χ1v) is 15.5. The Kier molecular flexibility index (Phi) is 10.3. The van der Waals surface area contributed by atoms with Crippen LogP contribution in [0.25, 0.3) is 0 Å². The number of rotatable bonds is 10. The monoisotopic (exact) mass is 711 g/mol. The van der Waals surface area contributed by atoms with Crippen LogP contribution in [0.2, 0.25) is 0 Å². The molecule has 18 nitrogen and oxygen atoms in total. The number of hydrogen-bond donors (Lipinski definition) is 5. The summed E-state index contributed by atoms with van der Waals surface area (Å²) in [6, 6.07) is 14.5. The Hall–Kier alpha value is -5.82. The maximum atomic E-state index is 14.0. The first-order valence-electron chi connectivity index (χ1n) is 15.5. The molecular weight excluding hydrogens is 678 g/mol. The van der Waals surface area contributed by atoms with Crippen LogP contribution in [0.3, 0.4) is 0 Å². The van der Waals surface area contributed by atoms with Crippen LogP contribution >= 0.6 is 0 Å². The number of aliphatic hydroxyl groups excluding tert-OH is 1. The second-order valence-electron chi connectivity index (χ2n) is 11.1. The zero-order chi connectivity index (χ0) is 36.1. The summed E-state index contributed by atoms with van der Waals surface area (Å²) in [5.41, 5.74) is -2.19. The second-order valence-corrected chi connectivity index (χ2v) is 11.1. The van der Waals surface area contributed by atoms with Gasteiger partial charge in [-0.1, -0.05) is 0 Å². The molecule has 3 aliphatic rings. The van der Waals surface area contributed by atoms with E-state index >= 15 is 0 Å². The van der Waals surface area contributed by atoms with Crippen LogP contribution in [0.1, 0.15) is 17.3 Å². The number of nitrogens with one attached hydrogen (secondary N) is 3. The first-order chi connectivity index (χ1) is 24.6. The summed E-state index contributed by atoms with van der Waals surface area (Å²) in [5, 5.41) is 29.9. The number of aliphatic hydroxyl groups is 2. The van der Waals surface area contributed by atoms with Gasteiger partial charge in [-0.3, -0.25) is 15.4 Å². The highest BCUT2D eigenvalue weighted by molar-refractivity contribution is 5.99. The number of benzene rings is 3. The molecule has 1 fully saturated rings. The van der Waals surface area contributed by atoms with Gasteiger partial charge in [-0.15, -0.1) is 0 Å². The van der Waals surface area contributed by atoms with Gasteiger partial charge in [0.2, 0.25) is 19.2 Å². The zero-order valence-corrected chi connectivity index (χ0v) is 27.1. The van der Waals surface area contributed by atoms with Crippen molar-refractivity contribution in [3.05, 3.63) is 66.2 Å². The van der Waals surface area contributed by atoms with Crippen molar-refractivity contribution in [3.8, 4) is 23.0 Å². The first kappa shape index (κ1) is 35.0. The number of anilines is 3. The lowest BCUT2D eigenvalue weighted by molar-refractivity contribution is -0.320. The number of fused-ring (bicyclic) bond motifs is 2. The van der Waals surface area contributed by atoms with E-state index in [0.29, 0.717) is 23.0 Å². The summed E-state index contributed by atoms with van der Waals surface area (Å²) >= 11 is 0. The number of carbonyl (C=O) groups is 4. The molecule has 51 heavy (non-hydrogen) atoms. The van der Waals surface area contributed by atoms with Crippen LogP contribution in [0.15, 0.2) is 60.7 Å². The minimum atomic E-state index is -2.92.